The van der Waals surface area contributed by atoms with Gasteiger partial charge in [-0.15, -0.1) is 0 Å². The monoisotopic (exact) mass is 233 g/mol. The van der Waals surface area contributed by atoms with Crippen LogP contribution in [0.25, 0.3) is 0 Å². The summed E-state index contributed by atoms with van der Waals surface area (Å²) in [5.74, 6) is 0.165. The van der Waals surface area contributed by atoms with E-state index in [1.165, 1.54) is 5.56 Å². The number of benzene rings is 1. The van der Waals surface area contributed by atoms with Gasteiger partial charge in [0.1, 0.15) is 0 Å². The van der Waals surface area contributed by atoms with Gasteiger partial charge in [-0.3, -0.25) is 4.79 Å². The van der Waals surface area contributed by atoms with Gasteiger partial charge >= 0.3 is 0 Å². The Morgan fingerprint density at radius 2 is 2.00 bits per heavy atom. The van der Waals surface area contributed by atoms with E-state index in [-0.39, 0.29) is 5.91 Å². The number of nitrogens with zero attached hydrogens (tertiary/aromatic N) is 1. The fourth-order valence-corrected chi connectivity index (χ4v) is 2.17. The molecule has 3 nitrogen and oxygen atoms in total. The largest absolute Gasteiger partial charge is 0.377 e. The molecule has 92 valence electrons. The van der Waals surface area contributed by atoms with Gasteiger partial charge < -0.3 is 9.64 Å². The first-order valence-corrected chi connectivity index (χ1v) is 6.24. The van der Waals surface area contributed by atoms with Crippen molar-refractivity contribution < 1.29 is 9.53 Å². The van der Waals surface area contributed by atoms with Crippen molar-refractivity contribution in [2.75, 3.05) is 13.2 Å². The van der Waals surface area contributed by atoms with Crippen LogP contribution in [0.5, 0.6) is 0 Å². The summed E-state index contributed by atoms with van der Waals surface area (Å²) in [7, 11) is 0. The summed E-state index contributed by atoms with van der Waals surface area (Å²) < 4.78 is 5.12. The lowest BCUT2D eigenvalue weighted by molar-refractivity contribution is -0.0540. The molecule has 0 N–H and O–H groups in total. The van der Waals surface area contributed by atoms with E-state index in [2.05, 4.69) is 13.0 Å². The van der Waals surface area contributed by atoms with Crippen LogP contribution in [0.2, 0.25) is 0 Å². The molecular formula is C14H19NO2. The Morgan fingerprint density at radius 1 is 1.29 bits per heavy atom. The summed E-state index contributed by atoms with van der Waals surface area (Å²) in [6, 6.07) is 6.33. The molecule has 1 fully saturated rings. The van der Waals surface area contributed by atoms with Crippen LogP contribution < -0.4 is 0 Å². The van der Waals surface area contributed by atoms with Gasteiger partial charge in [0.15, 0.2) is 0 Å². The van der Waals surface area contributed by atoms with Crippen molar-refractivity contribution >= 4 is 5.91 Å². The maximum atomic E-state index is 12.0. The molecule has 0 unspecified atom stereocenters. The molecule has 0 aliphatic carbocycles. The zero-order valence-corrected chi connectivity index (χ0v) is 10.7. The average molecular weight is 233 g/mol. The highest BCUT2D eigenvalue weighted by atomic mass is 16.5. The maximum Gasteiger partial charge on any atom is 0.254 e. The topological polar surface area (TPSA) is 29.5 Å². The molecule has 1 aromatic rings. The van der Waals surface area contributed by atoms with Crippen molar-refractivity contribution in [2.24, 2.45) is 0 Å². The first kappa shape index (κ1) is 12.1. The van der Waals surface area contributed by atoms with E-state index in [0.717, 1.165) is 17.7 Å². The predicted octanol–water partition coefficient (Wildman–Crippen LogP) is 2.38. The van der Waals surface area contributed by atoms with Gasteiger partial charge in [-0.25, -0.2) is 0 Å². The third-order valence-electron chi connectivity index (χ3n) is 3.15. The molecule has 0 aromatic heterocycles. The van der Waals surface area contributed by atoms with Crippen LogP contribution in [0.4, 0.5) is 0 Å². The van der Waals surface area contributed by atoms with E-state index in [4.69, 9.17) is 4.74 Å². The molecule has 0 spiro atoms. The minimum absolute atomic E-state index is 0.165. The lowest BCUT2D eigenvalue weighted by atomic mass is 10.1. The number of aryl methyl sites for hydroxylation is 1. The molecule has 0 atom stereocenters. The van der Waals surface area contributed by atoms with Gasteiger partial charge in [0.25, 0.3) is 5.91 Å². The van der Waals surface area contributed by atoms with Gasteiger partial charge in [-0.2, -0.15) is 0 Å². The summed E-state index contributed by atoms with van der Waals surface area (Å²) in [6.07, 6.45) is 0. The quantitative estimate of drug-likeness (QED) is 0.745. The molecule has 1 amide bonds. The second-order valence-electron chi connectivity index (χ2n) is 4.28. The van der Waals surface area contributed by atoms with Crippen molar-refractivity contribution in [3.63, 3.8) is 0 Å². The van der Waals surface area contributed by atoms with Crippen LogP contribution in [0.1, 0.15) is 35.3 Å². The smallest absolute Gasteiger partial charge is 0.254 e. The Bertz CT molecular complexity index is 424. The summed E-state index contributed by atoms with van der Waals surface area (Å²) in [5.41, 5.74) is 3.24. The number of carbonyl (C=O) groups is 1. The standard InChI is InChI=1S/C12H13NO2.C2H6/c1-8-2-3-11-9(4-8)5-13(12(11)14)10-6-15-7-10;1-2/h2-4,10H,5-7H2,1H3;1-2H3. The third-order valence-corrected chi connectivity index (χ3v) is 3.15. The summed E-state index contributed by atoms with van der Waals surface area (Å²) in [4.78, 5) is 13.9. The zero-order chi connectivity index (χ0) is 12.4. The number of ether oxygens (including phenoxy) is 1. The normalized spacial score (nSPS) is 18.3. The van der Waals surface area contributed by atoms with Gasteiger partial charge in [0.05, 0.1) is 19.3 Å². The summed E-state index contributed by atoms with van der Waals surface area (Å²) in [6.45, 7) is 8.20. The van der Waals surface area contributed by atoms with E-state index >= 15 is 0 Å². The third kappa shape index (κ3) is 2.07. The van der Waals surface area contributed by atoms with E-state index < -0.39 is 0 Å². The van der Waals surface area contributed by atoms with Gasteiger partial charge in [0.2, 0.25) is 0 Å². The molecule has 0 bridgehead atoms. The van der Waals surface area contributed by atoms with Crippen molar-refractivity contribution in [3.8, 4) is 0 Å². The van der Waals surface area contributed by atoms with Crippen LogP contribution in [0.3, 0.4) is 0 Å². The Kier molecular flexibility index (Phi) is 3.48. The van der Waals surface area contributed by atoms with Crippen LogP contribution in [-0.4, -0.2) is 30.1 Å². The molecule has 1 aromatic carbocycles. The van der Waals surface area contributed by atoms with E-state index in [0.29, 0.717) is 19.3 Å². The second-order valence-corrected chi connectivity index (χ2v) is 4.28. The molecule has 2 heterocycles. The minimum Gasteiger partial charge on any atom is -0.377 e. The van der Waals surface area contributed by atoms with E-state index in [1.54, 1.807) is 0 Å². The number of fused-ring (bicyclic) bond motifs is 1. The van der Waals surface area contributed by atoms with Gasteiger partial charge in [-0.1, -0.05) is 31.5 Å². The lowest BCUT2D eigenvalue weighted by Gasteiger charge is -2.34. The van der Waals surface area contributed by atoms with Crippen molar-refractivity contribution in [1.82, 2.24) is 4.90 Å². The average Bonchev–Trinajstić information content (AvgIpc) is 2.56. The van der Waals surface area contributed by atoms with Crippen LogP contribution in [0, 0.1) is 6.92 Å². The maximum absolute atomic E-state index is 12.0. The Balaban J connectivity index is 0.000000514. The summed E-state index contributed by atoms with van der Waals surface area (Å²) >= 11 is 0. The number of hydrogen-bond acceptors (Lipinski definition) is 2. The molecule has 0 radical (unpaired) electrons. The molecule has 17 heavy (non-hydrogen) atoms. The first-order chi connectivity index (χ1) is 8.25. The predicted molar refractivity (Wildman–Crippen MR) is 67.0 cm³/mol. The Labute approximate surface area is 102 Å². The Hall–Kier alpha value is -1.35. The fraction of sp³-hybridized carbons (Fsp3) is 0.500. The van der Waals surface area contributed by atoms with Gasteiger partial charge in [-0.05, 0) is 18.6 Å². The van der Waals surface area contributed by atoms with Crippen LogP contribution >= 0.6 is 0 Å². The van der Waals surface area contributed by atoms with Crippen LogP contribution in [0.15, 0.2) is 18.2 Å². The molecule has 3 rings (SSSR count). The molecule has 2 aliphatic rings. The number of carbonyl (C=O) groups excluding carboxylic acids is 1. The van der Waals surface area contributed by atoms with E-state index in [9.17, 15) is 4.79 Å². The first-order valence-electron chi connectivity index (χ1n) is 6.24. The SMILES string of the molecule is CC.Cc1ccc2c(c1)CN(C1COC1)C2=O. The number of hydrogen-bond donors (Lipinski definition) is 0. The molecular weight excluding hydrogens is 214 g/mol. The fourth-order valence-electron chi connectivity index (χ4n) is 2.17. The lowest BCUT2D eigenvalue weighted by Crippen LogP contribution is -2.48. The highest BCUT2D eigenvalue weighted by Crippen LogP contribution is 2.27. The molecule has 0 saturated carbocycles. The van der Waals surface area contributed by atoms with Crippen molar-refractivity contribution in [1.29, 1.82) is 0 Å². The summed E-state index contributed by atoms with van der Waals surface area (Å²) in [5, 5.41) is 0. The molecule has 2 aliphatic heterocycles. The molecule has 3 heteroatoms. The van der Waals surface area contributed by atoms with Crippen LogP contribution in [-0.2, 0) is 11.3 Å². The second kappa shape index (κ2) is 4.88. The minimum atomic E-state index is 0.165. The highest BCUT2D eigenvalue weighted by molar-refractivity contribution is 5.98. The number of amides is 1. The van der Waals surface area contributed by atoms with Crippen molar-refractivity contribution in [2.45, 2.75) is 33.4 Å². The zero-order valence-electron chi connectivity index (χ0n) is 10.7. The Morgan fingerprint density at radius 3 is 2.59 bits per heavy atom. The van der Waals surface area contributed by atoms with E-state index in [1.807, 2.05) is 30.9 Å². The number of rotatable bonds is 1. The van der Waals surface area contributed by atoms with Gasteiger partial charge in [0, 0.05) is 12.1 Å². The van der Waals surface area contributed by atoms with Crippen molar-refractivity contribution in [3.05, 3.63) is 34.9 Å². The molecule has 1 saturated heterocycles. The highest BCUT2D eigenvalue weighted by Gasteiger charge is 2.35.